The van der Waals surface area contributed by atoms with Crippen LogP contribution in [0.4, 0.5) is 0 Å². The number of nitrogens with zero attached hydrogens (tertiary/aromatic N) is 1. The molecule has 1 aliphatic rings. The van der Waals surface area contributed by atoms with Gasteiger partial charge in [-0.25, -0.2) is 4.98 Å². The standard InChI is InChI=1S/C14H18N2O2/c1-10-16-12-3-2-11(6-13(12)18-10)7-15-8-14(9-17)4-5-14/h2-3,6,15,17H,4-5,7-9H2,1H3. The Morgan fingerprint density at radius 3 is 3.00 bits per heavy atom. The monoisotopic (exact) mass is 246 g/mol. The van der Waals surface area contributed by atoms with Crippen LogP contribution in [0.1, 0.15) is 24.3 Å². The van der Waals surface area contributed by atoms with Crippen LogP contribution in [0.15, 0.2) is 22.6 Å². The number of nitrogens with one attached hydrogen (secondary N) is 1. The molecule has 1 fully saturated rings. The highest BCUT2D eigenvalue weighted by atomic mass is 16.3. The molecule has 4 heteroatoms. The number of benzene rings is 1. The third-order valence-electron chi connectivity index (χ3n) is 3.68. The van der Waals surface area contributed by atoms with Gasteiger partial charge in [0.15, 0.2) is 11.5 Å². The summed E-state index contributed by atoms with van der Waals surface area (Å²) in [6.45, 7) is 3.84. The summed E-state index contributed by atoms with van der Waals surface area (Å²) in [6.07, 6.45) is 2.27. The van der Waals surface area contributed by atoms with E-state index in [2.05, 4.69) is 16.4 Å². The van der Waals surface area contributed by atoms with Crippen molar-refractivity contribution in [2.45, 2.75) is 26.3 Å². The van der Waals surface area contributed by atoms with Crippen molar-refractivity contribution >= 4 is 11.1 Å². The Morgan fingerprint density at radius 1 is 1.44 bits per heavy atom. The highest BCUT2D eigenvalue weighted by Crippen LogP contribution is 2.44. The Labute approximate surface area is 106 Å². The Kier molecular flexibility index (Phi) is 2.84. The topological polar surface area (TPSA) is 58.3 Å². The summed E-state index contributed by atoms with van der Waals surface area (Å²) in [5, 5.41) is 12.6. The first-order valence-electron chi connectivity index (χ1n) is 6.38. The molecule has 1 aromatic heterocycles. The van der Waals surface area contributed by atoms with Gasteiger partial charge in [-0.2, -0.15) is 0 Å². The molecular weight excluding hydrogens is 228 g/mol. The van der Waals surface area contributed by atoms with Crippen molar-refractivity contribution in [3.8, 4) is 0 Å². The molecule has 0 unspecified atom stereocenters. The lowest BCUT2D eigenvalue weighted by Crippen LogP contribution is -2.26. The maximum absolute atomic E-state index is 9.23. The smallest absolute Gasteiger partial charge is 0.192 e. The first-order chi connectivity index (χ1) is 8.71. The molecule has 2 aromatic rings. The van der Waals surface area contributed by atoms with Crippen LogP contribution in [0.2, 0.25) is 0 Å². The van der Waals surface area contributed by atoms with E-state index < -0.39 is 0 Å². The first-order valence-corrected chi connectivity index (χ1v) is 6.38. The number of aliphatic hydroxyl groups is 1. The molecule has 0 atom stereocenters. The van der Waals surface area contributed by atoms with Gasteiger partial charge >= 0.3 is 0 Å². The van der Waals surface area contributed by atoms with Gasteiger partial charge in [0.05, 0.1) is 0 Å². The number of hydrogen-bond donors (Lipinski definition) is 2. The van der Waals surface area contributed by atoms with Crippen molar-refractivity contribution in [1.29, 1.82) is 0 Å². The minimum absolute atomic E-state index is 0.160. The molecule has 1 saturated carbocycles. The molecule has 3 rings (SSSR count). The second kappa shape index (κ2) is 4.37. The molecule has 4 nitrogen and oxygen atoms in total. The molecule has 1 aromatic carbocycles. The highest BCUT2D eigenvalue weighted by Gasteiger charge is 2.41. The largest absolute Gasteiger partial charge is 0.441 e. The van der Waals surface area contributed by atoms with Gasteiger partial charge in [-0.15, -0.1) is 0 Å². The van der Waals surface area contributed by atoms with Gasteiger partial charge in [-0.1, -0.05) is 6.07 Å². The molecule has 2 N–H and O–H groups in total. The van der Waals surface area contributed by atoms with Crippen LogP contribution >= 0.6 is 0 Å². The number of aliphatic hydroxyl groups excluding tert-OH is 1. The predicted octanol–water partition coefficient (Wildman–Crippen LogP) is 2.00. The number of fused-ring (bicyclic) bond motifs is 1. The van der Waals surface area contributed by atoms with Crippen molar-refractivity contribution < 1.29 is 9.52 Å². The summed E-state index contributed by atoms with van der Waals surface area (Å²) < 4.78 is 5.51. The number of aromatic nitrogens is 1. The number of aryl methyl sites for hydroxylation is 1. The van der Waals surface area contributed by atoms with E-state index in [1.807, 2.05) is 19.1 Å². The number of rotatable bonds is 5. The summed E-state index contributed by atoms with van der Waals surface area (Å²) >= 11 is 0. The zero-order valence-electron chi connectivity index (χ0n) is 10.6. The van der Waals surface area contributed by atoms with Crippen LogP contribution in [0.25, 0.3) is 11.1 Å². The third-order valence-corrected chi connectivity index (χ3v) is 3.68. The van der Waals surface area contributed by atoms with E-state index >= 15 is 0 Å². The maximum Gasteiger partial charge on any atom is 0.192 e. The number of oxazole rings is 1. The first kappa shape index (κ1) is 11.7. The molecule has 1 heterocycles. The molecular formula is C14H18N2O2. The van der Waals surface area contributed by atoms with E-state index in [0.717, 1.165) is 37.0 Å². The zero-order valence-corrected chi connectivity index (χ0v) is 10.6. The Morgan fingerprint density at radius 2 is 2.28 bits per heavy atom. The molecule has 1 aliphatic carbocycles. The fourth-order valence-corrected chi connectivity index (χ4v) is 2.23. The van der Waals surface area contributed by atoms with Crippen molar-refractivity contribution in [3.63, 3.8) is 0 Å². The van der Waals surface area contributed by atoms with E-state index in [0.29, 0.717) is 12.5 Å². The van der Waals surface area contributed by atoms with Gasteiger partial charge in [0.2, 0.25) is 0 Å². The Hall–Kier alpha value is -1.39. The fourth-order valence-electron chi connectivity index (χ4n) is 2.23. The predicted molar refractivity (Wildman–Crippen MR) is 69.2 cm³/mol. The lowest BCUT2D eigenvalue weighted by Gasteiger charge is -2.12. The maximum atomic E-state index is 9.23. The summed E-state index contributed by atoms with van der Waals surface area (Å²) in [5.41, 5.74) is 3.10. The van der Waals surface area contributed by atoms with Crippen molar-refractivity contribution in [2.75, 3.05) is 13.2 Å². The lowest BCUT2D eigenvalue weighted by atomic mass is 10.1. The summed E-state index contributed by atoms with van der Waals surface area (Å²) in [6, 6.07) is 6.08. The van der Waals surface area contributed by atoms with Gasteiger partial charge < -0.3 is 14.8 Å². The van der Waals surface area contributed by atoms with Crippen LogP contribution in [0.5, 0.6) is 0 Å². The molecule has 96 valence electrons. The second-order valence-corrected chi connectivity index (χ2v) is 5.30. The molecule has 0 radical (unpaired) electrons. The quantitative estimate of drug-likeness (QED) is 0.847. The normalized spacial score (nSPS) is 17.2. The summed E-state index contributed by atoms with van der Waals surface area (Å²) in [5.74, 6) is 0.701. The van der Waals surface area contributed by atoms with Crippen LogP contribution in [-0.2, 0) is 6.54 Å². The van der Waals surface area contributed by atoms with E-state index in [-0.39, 0.29) is 5.41 Å². The van der Waals surface area contributed by atoms with E-state index in [4.69, 9.17) is 4.42 Å². The lowest BCUT2D eigenvalue weighted by molar-refractivity contribution is 0.207. The molecule has 18 heavy (non-hydrogen) atoms. The number of hydrogen-bond acceptors (Lipinski definition) is 4. The minimum atomic E-state index is 0.160. The van der Waals surface area contributed by atoms with Crippen LogP contribution in [-0.4, -0.2) is 23.2 Å². The van der Waals surface area contributed by atoms with Crippen molar-refractivity contribution in [1.82, 2.24) is 10.3 Å². The van der Waals surface area contributed by atoms with E-state index in [1.165, 1.54) is 5.56 Å². The van der Waals surface area contributed by atoms with Crippen LogP contribution in [0, 0.1) is 12.3 Å². The van der Waals surface area contributed by atoms with E-state index in [1.54, 1.807) is 0 Å². The second-order valence-electron chi connectivity index (χ2n) is 5.30. The van der Waals surface area contributed by atoms with Gasteiger partial charge in [0.25, 0.3) is 0 Å². The van der Waals surface area contributed by atoms with Crippen molar-refractivity contribution in [3.05, 3.63) is 29.7 Å². The van der Waals surface area contributed by atoms with Crippen molar-refractivity contribution in [2.24, 2.45) is 5.41 Å². The SMILES string of the molecule is Cc1nc2ccc(CNCC3(CO)CC3)cc2o1. The summed E-state index contributed by atoms with van der Waals surface area (Å²) in [7, 11) is 0. The molecule has 0 saturated heterocycles. The van der Waals surface area contributed by atoms with Gasteiger partial charge in [0, 0.05) is 32.0 Å². The third kappa shape index (κ3) is 2.26. The van der Waals surface area contributed by atoms with E-state index in [9.17, 15) is 5.11 Å². The Balaban J connectivity index is 1.63. The molecule has 0 spiro atoms. The van der Waals surface area contributed by atoms with Gasteiger partial charge in [-0.3, -0.25) is 0 Å². The van der Waals surface area contributed by atoms with Gasteiger partial charge in [-0.05, 0) is 30.5 Å². The zero-order chi connectivity index (χ0) is 12.6. The molecule has 0 aliphatic heterocycles. The fraction of sp³-hybridized carbons (Fsp3) is 0.500. The average molecular weight is 246 g/mol. The molecule has 0 bridgehead atoms. The Bertz CT molecular complexity index is 558. The summed E-state index contributed by atoms with van der Waals surface area (Å²) in [4.78, 5) is 4.28. The van der Waals surface area contributed by atoms with Crippen LogP contribution in [0.3, 0.4) is 0 Å². The average Bonchev–Trinajstić information content (AvgIpc) is 3.04. The minimum Gasteiger partial charge on any atom is -0.441 e. The molecule has 0 amide bonds. The van der Waals surface area contributed by atoms with Gasteiger partial charge in [0.1, 0.15) is 5.52 Å². The van der Waals surface area contributed by atoms with Crippen LogP contribution < -0.4 is 5.32 Å². The highest BCUT2D eigenvalue weighted by molar-refractivity contribution is 5.73.